The molecule has 6 nitrogen and oxygen atoms in total. The Balaban J connectivity index is 1.43. The molecular formula is C27H24F6N4O2. The number of anilines is 1. The monoisotopic (exact) mass is 550 g/mol. The second-order valence-corrected chi connectivity index (χ2v) is 11.2. The molecule has 4 bridgehead atoms. The maximum atomic E-state index is 15.4. The number of rotatable bonds is 5. The largest absolute Gasteiger partial charge is 0.405 e. The van der Waals surface area contributed by atoms with Crippen LogP contribution in [-0.2, 0) is 0 Å². The van der Waals surface area contributed by atoms with Crippen LogP contribution in [0.4, 0.5) is 32.2 Å². The summed E-state index contributed by atoms with van der Waals surface area (Å²) in [7, 11) is 0. The number of alkyl halides is 4. The van der Waals surface area contributed by atoms with Crippen molar-refractivity contribution in [1.29, 1.82) is 0 Å². The van der Waals surface area contributed by atoms with Crippen molar-refractivity contribution in [2.45, 2.75) is 55.9 Å². The molecule has 4 aliphatic rings. The second-order valence-electron chi connectivity index (χ2n) is 11.2. The SMILES string of the molecule is O=C(NC12CC3CC(CC(F)(C3)C1)C2)c1cn(-c2ccc(F)cc2F)c2nc(NCC(F)(F)F)ccc2c1=O. The number of carbonyl (C=O) groups is 1. The summed E-state index contributed by atoms with van der Waals surface area (Å²) in [6, 6.07) is 4.97. The summed E-state index contributed by atoms with van der Waals surface area (Å²) < 4.78 is 83.2. The van der Waals surface area contributed by atoms with Crippen molar-refractivity contribution in [3.63, 3.8) is 0 Å². The Morgan fingerprint density at radius 1 is 1.08 bits per heavy atom. The van der Waals surface area contributed by atoms with Crippen molar-refractivity contribution in [1.82, 2.24) is 14.9 Å². The molecule has 2 N–H and O–H groups in total. The van der Waals surface area contributed by atoms with Crippen LogP contribution in [0.5, 0.6) is 0 Å². The average molecular weight is 551 g/mol. The van der Waals surface area contributed by atoms with Crippen molar-refractivity contribution in [2.75, 3.05) is 11.9 Å². The van der Waals surface area contributed by atoms with Crippen LogP contribution in [0.1, 0.15) is 48.9 Å². The van der Waals surface area contributed by atoms with E-state index in [-0.39, 0.29) is 46.4 Å². The Kier molecular flexibility index (Phi) is 5.74. The lowest BCUT2D eigenvalue weighted by molar-refractivity contribution is -0.115. The van der Waals surface area contributed by atoms with Gasteiger partial charge >= 0.3 is 6.18 Å². The Hall–Kier alpha value is -3.57. The molecule has 7 rings (SSSR count). The number of aromatic nitrogens is 2. The van der Waals surface area contributed by atoms with Gasteiger partial charge in [0.1, 0.15) is 35.2 Å². The highest BCUT2D eigenvalue weighted by Gasteiger charge is 2.58. The van der Waals surface area contributed by atoms with E-state index in [1.54, 1.807) is 0 Å². The van der Waals surface area contributed by atoms with Gasteiger partial charge in [-0.25, -0.2) is 18.2 Å². The fourth-order valence-corrected chi connectivity index (χ4v) is 7.12. The van der Waals surface area contributed by atoms with E-state index in [0.717, 1.165) is 35.4 Å². The quantitative estimate of drug-likeness (QED) is 0.416. The van der Waals surface area contributed by atoms with Crippen LogP contribution in [0, 0.1) is 23.5 Å². The Labute approximate surface area is 218 Å². The Morgan fingerprint density at radius 3 is 2.44 bits per heavy atom. The molecule has 4 aliphatic carbocycles. The summed E-state index contributed by atoms with van der Waals surface area (Å²) >= 11 is 0. The fourth-order valence-electron chi connectivity index (χ4n) is 7.12. The third kappa shape index (κ3) is 4.74. The minimum Gasteiger partial charge on any atom is -0.361 e. The molecule has 0 aliphatic heterocycles. The molecule has 0 spiro atoms. The highest BCUT2D eigenvalue weighted by atomic mass is 19.4. The van der Waals surface area contributed by atoms with Crippen molar-refractivity contribution in [2.24, 2.45) is 11.8 Å². The minimum absolute atomic E-state index is 0.143. The van der Waals surface area contributed by atoms with Crippen molar-refractivity contribution in [3.8, 4) is 5.69 Å². The van der Waals surface area contributed by atoms with Gasteiger partial charge in [-0.05, 0) is 68.2 Å². The first-order chi connectivity index (χ1) is 18.3. The zero-order valence-corrected chi connectivity index (χ0v) is 20.5. The van der Waals surface area contributed by atoms with Crippen molar-refractivity contribution in [3.05, 3.63) is 63.9 Å². The van der Waals surface area contributed by atoms with E-state index in [9.17, 15) is 31.5 Å². The number of pyridine rings is 2. The molecule has 1 aromatic carbocycles. The van der Waals surface area contributed by atoms with Crippen molar-refractivity contribution >= 4 is 22.8 Å². The van der Waals surface area contributed by atoms with Gasteiger partial charge in [0.15, 0.2) is 5.65 Å². The van der Waals surface area contributed by atoms with Crippen LogP contribution < -0.4 is 16.1 Å². The smallest absolute Gasteiger partial charge is 0.361 e. The number of nitrogens with zero attached hydrogens (tertiary/aromatic N) is 2. The zero-order valence-electron chi connectivity index (χ0n) is 20.5. The molecule has 0 saturated heterocycles. The summed E-state index contributed by atoms with van der Waals surface area (Å²) in [5.74, 6) is -2.63. The van der Waals surface area contributed by atoms with Gasteiger partial charge in [0.05, 0.1) is 11.1 Å². The minimum atomic E-state index is -4.54. The molecule has 4 saturated carbocycles. The van der Waals surface area contributed by atoms with Gasteiger partial charge in [0.2, 0.25) is 5.43 Å². The second kappa shape index (κ2) is 8.72. The number of fused-ring (bicyclic) bond motifs is 1. The molecule has 4 fully saturated rings. The van der Waals surface area contributed by atoms with E-state index < -0.39 is 46.9 Å². The van der Waals surface area contributed by atoms with Crippen LogP contribution >= 0.6 is 0 Å². The number of benzene rings is 1. The molecule has 2 atom stereocenters. The van der Waals surface area contributed by atoms with Crippen LogP contribution in [-0.4, -0.2) is 39.4 Å². The summed E-state index contributed by atoms with van der Waals surface area (Å²) in [5.41, 5.74) is -3.79. The third-order valence-electron chi connectivity index (χ3n) is 8.10. The van der Waals surface area contributed by atoms with E-state index >= 15 is 4.39 Å². The van der Waals surface area contributed by atoms with Gasteiger partial charge in [-0.15, -0.1) is 0 Å². The van der Waals surface area contributed by atoms with Gasteiger partial charge < -0.3 is 10.6 Å². The normalized spacial score (nSPS) is 27.6. The summed E-state index contributed by atoms with van der Waals surface area (Å²) in [5, 5.41) is 4.87. The van der Waals surface area contributed by atoms with Crippen molar-refractivity contribution < 1.29 is 31.1 Å². The van der Waals surface area contributed by atoms with E-state index in [4.69, 9.17) is 0 Å². The number of halogens is 6. The lowest BCUT2D eigenvalue weighted by Gasteiger charge is -2.59. The molecule has 0 radical (unpaired) electrons. The number of hydrogen-bond donors (Lipinski definition) is 2. The fraction of sp³-hybridized carbons (Fsp3) is 0.444. The molecular weight excluding hydrogens is 526 g/mol. The number of nitrogens with one attached hydrogen (secondary N) is 2. The molecule has 2 heterocycles. The predicted octanol–water partition coefficient (Wildman–Crippen LogP) is 5.43. The number of hydrogen-bond acceptors (Lipinski definition) is 4. The van der Waals surface area contributed by atoms with E-state index in [2.05, 4.69) is 15.6 Å². The van der Waals surface area contributed by atoms with Crippen LogP contribution in [0.2, 0.25) is 0 Å². The standard InChI is InChI=1S/C27H24F6N4O2/c28-16-1-3-20(19(29)6-16)37-11-18(22(38)17-2-4-21(35-23(17)37)34-13-27(31,32)33)24(39)36-26-9-14-5-15(10-26)8-25(30,7-14)12-26/h1-4,6,11,14-15H,5,7-10,12-13H2,(H,34,35)(H,36,39). The summed E-state index contributed by atoms with van der Waals surface area (Å²) in [6.07, 6.45) is -0.307. The first-order valence-corrected chi connectivity index (χ1v) is 12.7. The van der Waals surface area contributed by atoms with E-state index in [1.165, 1.54) is 6.07 Å². The lowest BCUT2D eigenvalue weighted by Crippen LogP contribution is -2.64. The third-order valence-corrected chi connectivity index (χ3v) is 8.10. The zero-order chi connectivity index (χ0) is 27.7. The van der Waals surface area contributed by atoms with Gasteiger partial charge in [0, 0.05) is 24.2 Å². The molecule has 1 amide bonds. The van der Waals surface area contributed by atoms with E-state index in [1.807, 2.05) is 0 Å². The van der Waals surface area contributed by atoms with Gasteiger partial charge in [-0.2, -0.15) is 13.2 Å². The van der Waals surface area contributed by atoms with Crippen LogP contribution in [0.25, 0.3) is 16.7 Å². The average Bonchev–Trinajstić information content (AvgIpc) is 2.81. The molecule has 12 heteroatoms. The number of amides is 1. The molecule has 206 valence electrons. The lowest BCUT2D eigenvalue weighted by atomic mass is 9.51. The maximum Gasteiger partial charge on any atom is 0.405 e. The first kappa shape index (κ1) is 25.7. The van der Waals surface area contributed by atoms with Gasteiger partial charge in [-0.1, -0.05) is 0 Å². The number of carbonyl (C=O) groups excluding carboxylic acids is 1. The van der Waals surface area contributed by atoms with Crippen LogP contribution in [0.15, 0.2) is 41.3 Å². The molecule has 2 unspecified atom stereocenters. The van der Waals surface area contributed by atoms with E-state index in [0.29, 0.717) is 31.7 Å². The van der Waals surface area contributed by atoms with Gasteiger partial charge in [0.25, 0.3) is 5.91 Å². The maximum absolute atomic E-state index is 15.4. The van der Waals surface area contributed by atoms with Gasteiger partial charge in [-0.3, -0.25) is 14.2 Å². The topological polar surface area (TPSA) is 76.0 Å². The highest BCUT2D eigenvalue weighted by Crippen LogP contribution is 2.59. The highest BCUT2D eigenvalue weighted by molar-refractivity contribution is 5.97. The molecule has 2 aromatic heterocycles. The Morgan fingerprint density at radius 2 is 1.79 bits per heavy atom. The predicted molar refractivity (Wildman–Crippen MR) is 131 cm³/mol. The Bertz CT molecular complexity index is 1540. The molecule has 39 heavy (non-hydrogen) atoms. The first-order valence-electron chi connectivity index (χ1n) is 12.7. The summed E-state index contributed by atoms with van der Waals surface area (Å²) in [4.78, 5) is 31.0. The van der Waals surface area contributed by atoms with Crippen LogP contribution in [0.3, 0.4) is 0 Å². The molecule has 3 aromatic rings. The summed E-state index contributed by atoms with van der Waals surface area (Å²) in [6.45, 7) is -1.40.